The molecule has 1 aliphatic rings. The van der Waals surface area contributed by atoms with Crippen LogP contribution < -0.4 is 4.90 Å². The molecule has 3 heteroatoms. The first kappa shape index (κ1) is 14.3. The molecular weight excluding hydrogens is 241 g/mol. The largest absolute Gasteiger partial charge is 0.389 e. The average molecular weight is 265 g/mol. The van der Waals surface area contributed by atoms with E-state index in [1.165, 1.54) is 12.5 Å². The first-order chi connectivity index (χ1) is 8.90. The van der Waals surface area contributed by atoms with Gasteiger partial charge in [-0.25, -0.2) is 4.39 Å². The van der Waals surface area contributed by atoms with Gasteiger partial charge < -0.3 is 10.0 Å². The molecule has 0 saturated carbocycles. The zero-order valence-electron chi connectivity index (χ0n) is 12.2. The molecule has 2 nitrogen and oxygen atoms in total. The van der Waals surface area contributed by atoms with Gasteiger partial charge in [-0.1, -0.05) is 19.9 Å². The molecule has 1 N–H and O–H groups in total. The molecule has 0 aromatic heterocycles. The van der Waals surface area contributed by atoms with Crippen molar-refractivity contribution < 1.29 is 9.50 Å². The molecule has 4 unspecified atom stereocenters. The minimum Gasteiger partial charge on any atom is -0.389 e. The summed E-state index contributed by atoms with van der Waals surface area (Å²) in [6.07, 6.45) is 0.575. The predicted molar refractivity (Wildman–Crippen MR) is 76.8 cm³/mol. The maximum Gasteiger partial charge on any atom is 0.146 e. The molecule has 2 rings (SSSR count). The Labute approximate surface area is 115 Å². The Hall–Kier alpha value is -1.09. The van der Waals surface area contributed by atoms with E-state index in [4.69, 9.17) is 0 Å². The van der Waals surface area contributed by atoms with E-state index in [9.17, 15) is 9.50 Å². The number of aliphatic hydroxyl groups is 1. The molecule has 0 radical (unpaired) electrons. The summed E-state index contributed by atoms with van der Waals surface area (Å²) in [4.78, 5) is 2.17. The highest BCUT2D eigenvalue weighted by Gasteiger charge is 2.30. The summed E-state index contributed by atoms with van der Waals surface area (Å²) in [5, 5.41) is 9.51. The van der Waals surface area contributed by atoms with Crippen LogP contribution in [0.3, 0.4) is 0 Å². The van der Waals surface area contributed by atoms with Crippen LogP contribution in [0.25, 0.3) is 0 Å². The third-order valence-electron chi connectivity index (χ3n) is 4.36. The number of aliphatic hydroxyl groups excluding tert-OH is 1. The maximum atomic E-state index is 14.3. The Morgan fingerprint density at radius 3 is 2.58 bits per heavy atom. The van der Waals surface area contributed by atoms with Crippen molar-refractivity contribution in [3.8, 4) is 0 Å². The van der Waals surface area contributed by atoms with E-state index >= 15 is 0 Å². The molecular formula is C16H24FNO. The van der Waals surface area contributed by atoms with Gasteiger partial charge in [0.1, 0.15) is 5.82 Å². The van der Waals surface area contributed by atoms with Crippen LogP contribution in [0, 0.1) is 17.7 Å². The van der Waals surface area contributed by atoms with E-state index in [0.717, 1.165) is 6.54 Å². The number of hydrogen-bond acceptors (Lipinski definition) is 2. The van der Waals surface area contributed by atoms with Crippen LogP contribution in [0.5, 0.6) is 0 Å². The molecule has 1 heterocycles. The van der Waals surface area contributed by atoms with Crippen LogP contribution in [0.2, 0.25) is 0 Å². The standard InChI is InChI=1S/C16H24FNO/c1-10-7-11(2)12(3)18(9-10)16-6-5-14(13(4)19)8-15(16)17/h5-6,8,10-13,19H,7,9H2,1-4H3. The van der Waals surface area contributed by atoms with Crippen LogP contribution in [0.1, 0.15) is 45.8 Å². The van der Waals surface area contributed by atoms with Crippen molar-refractivity contribution in [2.45, 2.75) is 46.3 Å². The summed E-state index contributed by atoms with van der Waals surface area (Å²) in [5.74, 6) is 0.924. The molecule has 0 bridgehead atoms. The molecule has 1 fully saturated rings. The average Bonchev–Trinajstić information content (AvgIpc) is 2.33. The summed E-state index contributed by atoms with van der Waals surface area (Å²) in [6.45, 7) is 9.17. The van der Waals surface area contributed by atoms with Crippen molar-refractivity contribution in [1.82, 2.24) is 0 Å². The molecule has 106 valence electrons. The van der Waals surface area contributed by atoms with Crippen molar-refractivity contribution in [2.75, 3.05) is 11.4 Å². The van der Waals surface area contributed by atoms with Gasteiger partial charge in [0.25, 0.3) is 0 Å². The van der Waals surface area contributed by atoms with Crippen molar-refractivity contribution in [1.29, 1.82) is 0 Å². The lowest BCUT2D eigenvalue weighted by Crippen LogP contribution is -2.46. The summed E-state index contributed by atoms with van der Waals surface area (Å²) < 4.78 is 14.3. The van der Waals surface area contributed by atoms with Crippen LogP contribution >= 0.6 is 0 Å². The molecule has 1 saturated heterocycles. The topological polar surface area (TPSA) is 23.5 Å². The minimum atomic E-state index is -0.625. The van der Waals surface area contributed by atoms with E-state index < -0.39 is 6.10 Å². The van der Waals surface area contributed by atoms with E-state index in [-0.39, 0.29) is 5.82 Å². The van der Waals surface area contributed by atoms with Crippen LogP contribution in [0.15, 0.2) is 18.2 Å². The lowest BCUT2D eigenvalue weighted by Gasteiger charge is -2.42. The second kappa shape index (κ2) is 5.49. The van der Waals surface area contributed by atoms with Gasteiger partial charge >= 0.3 is 0 Å². The highest BCUT2D eigenvalue weighted by molar-refractivity contribution is 5.51. The normalized spacial score (nSPS) is 29.4. The molecule has 0 amide bonds. The van der Waals surface area contributed by atoms with E-state index in [0.29, 0.717) is 29.1 Å². The smallest absolute Gasteiger partial charge is 0.146 e. The summed E-state index contributed by atoms with van der Waals surface area (Å²) in [6, 6.07) is 5.43. The zero-order chi connectivity index (χ0) is 14.2. The molecule has 1 aliphatic heterocycles. The lowest BCUT2D eigenvalue weighted by molar-refractivity contribution is 0.199. The number of hydrogen-bond donors (Lipinski definition) is 1. The van der Waals surface area contributed by atoms with Gasteiger partial charge in [0.2, 0.25) is 0 Å². The maximum absolute atomic E-state index is 14.3. The van der Waals surface area contributed by atoms with Gasteiger partial charge in [-0.2, -0.15) is 0 Å². The fourth-order valence-electron chi connectivity index (χ4n) is 3.05. The second-order valence-electron chi connectivity index (χ2n) is 6.10. The fraction of sp³-hybridized carbons (Fsp3) is 0.625. The van der Waals surface area contributed by atoms with Crippen LogP contribution in [-0.2, 0) is 0 Å². The van der Waals surface area contributed by atoms with Gasteiger partial charge in [-0.3, -0.25) is 0 Å². The molecule has 0 aliphatic carbocycles. The highest BCUT2D eigenvalue weighted by Crippen LogP contribution is 2.33. The highest BCUT2D eigenvalue weighted by atomic mass is 19.1. The number of benzene rings is 1. The minimum absolute atomic E-state index is 0.230. The third-order valence-corrected chi connectivity index (χ3v) is 4.36. The Morgan fingerprint density at radius 2 is 2.00 bits per heavy atom. The van der Waals surface area contributed by atoms with Gasteiger partial charge in [-0.15, -0.1) is 0 Å². The number of halogens is 1. The summed E-state index contributed by atoms with van der Waals surface area (Å²) in [5.41, 5.74) is 1.29. The molecule has 1 aromatic carbocycles. The van der Waals surface area contributed by atoms with Gasteiger partial charge in [0, 0.05) is 12.6 Å². The second-order valence-corrected chi connectivity index (χ2v) is 6.10. The van der Waals surface area contributed by atoms with Crippen molar-refractivity contribution >= 4 is 5.69 Å². The Bertz CT molecular complexity index is 446. The van der Waals surface area contributed by atoms with Crippen LogP contribution in [-0.4, -0.2) is 17.7 Å². The third kappa shape index (κ3) is 2.92. The monoisotopic (exact) mass is 265 g/mol. The molecule has 19 heavy (non-hydrogen) atoms. The summed E-state index contributed by atoms with van der Waals surface area (Å²) in [7, 11) is 0. The first-order valence-electron chi connectivity index (χ1n) is 7.14. The number of piperidine rings is 1. The summed E-state index contributed by atoms with van der Waals surface area (Å²) >= 11 is 0. The van der Waals surface area contributed by atoms with Crippen molar-refractivity contribution in [2.24, 2.45) is 11.8 Å². The number of anilines is 1. The van der Waals surface area contributed by atoms with Crippen LogP contribution in [0.4, 0.5) is 10.1 Å². The van der Waals surface area contributed by atoms with Gasteiger partial charge in [0.15, 0.2) is 0 Å². The first-order valence-corrected chi connectivity index (χ1v) is 7.14. The lowest BCUT2D eigenvalue weighted by atomic mass is 9.85. The molecule has 4 atom stereocenters. The number of nitrogens with zero attached hydrogens (tertiary/aromatic N) is 1. The molecule has 0 spiro atoms. The molecule has 1 aromatic rings. The fourth-order valence-corrected chi connectivity index (χ4v) is 3.05. The zero-order valence-corrected chi connectivity index (χ0v) is 12.2. The van der Waals surface area contributed by atoms with E-state index in [1.807, 2.05) is 6.07 Å². The quantitative estimate of drug-likeness (QED) is 0.880. The van der Waals surface area contributed by atoms with Crippen molar-refractivity contribution in [3.05, 3.63) is 29.6 Å². The Kier molecular flexibility index (Phi) is 4.14. The number of rotatable bonds is 2. The Balaban J connectivity index is 2.30. The van der Waals surface area contributed by atoms with Gasteiger partial charge in [-0.05, 0) is 49.8 Å². The SMILES string of the molecule is CC1CC(C)C(C)N(c2ccc(C(C)O)cc2F)C1. The van der Waals surface area contributed by atoms with Gasteiger partial charge in [0.05, 0.1) is 11.8 Å². The van der Waals surface area contributed by atoms with E-state index in [2.05, 4.69) is 25.7 Å². The Morgan fingerprint density at radius 1 is 1.32 bits per heavy atom. The van der Waals surface area contributed by atoms with E-state index in [1.54, 1.807) is 13.0 Å². The predicted octanol–water partition coefficient (Wildman–Crippen LogP) is 3.75. The van der Waals surface area contributed by atoms with Crippen molar-refractivity contribution in [3.63, 3.8) is 0 Å².